The number of carbonyl (C=O) groups excluding carboxylic acids is 1. The molecule has 0 aromatic heterocycles. The highest BCUT2D eigenvalue weighted by molar-refractivity contribution is 5.89. The minimum absolute atomic E-state index is 0.293. The van der Waals surface area contributed by atoms with E-state index in [1.165, 1.54) is 12.1 Å². The highest BCUT2D eigenvalue weighted by Gasteiger charge is 2.30. The first kappa shape index (κ1) is 19.5. The molecule has 140 valence electrons. The van der Waals surface area contributed by atoms with Crippen LogP contribution in [0.1, 0.15) is 12.5 Å². The van der Waals surface area contributed by atoms with E-state index in [-0.39, 0.29) is 0 Å². The van der Waals surface area contributed by atoms with Gasteiger partial charge in [-0.1, -0.05) is 6.92 Å². The first-order valence-electron chi connectivity index (χ1n) is 8.37. The number of nitrogens with zero attached hydrogens (tertiary/aromatic N) is 2. The van der Waals surface area contributed by atoms with E-state index < -0.39 is 17.8 Å². The van der Waals surface area contributed by atoms with Crippen LogP contribution < -0.4 is 10.6 Å². The normalized spacial score (nSPS) is 18.0. The Morgan fingerprint density at radius 2 is 1.76 bits per heavy atom. The predicted octanol–water partition coefficient (Wildman–Crippen LogP) is 2.71. The summed E-state index contributed by atoms with van der Waals surface area (Å²) in [4.78, 5) is 16.5. The number of urea groups is 1. The number of anilines is 1. The molecule has 1 saturated heterocycles. The fourth-order valence-corrected chi connectivity index (χ4v) is 2.72. The molecule has 1 aromatic carbocycles. The van der Waals surface area contributed by atoms with Gasteiger partial charge in [0.1, 0.15) is 0 Å². The minimum Gasteiger partial charge on any atom is -0.338 e. The van der Waals surface area contributed by atoms with Crippen LogP contribution >= 0.6 is 0 Å². The number of benzene rings is 1. The van der Waals surface area contributed by atoms with E-state index in [1.54, 1.807) is 0 Å². The maximum atomic E-state index is 12.5. The number of likely N-dealkylation sites (N-methyl/N-ethyl adjacent to an activating group) is 1. The molecular formula is C17H25F3N4O. The molecule has 5 nitrogen and oxygen atoms in total. The van der Waals surface area contributed by atoms with E-state index in [1.807, 2.05) is 0 Å². The van der Waals surface area contributed by atoms with Gasteiger partial charge in [-0.15, -0.1) is 0 Å². The standard InChI is InChI=1S/C17H25F3N4O/c1-13(12-24-9-7-23(2)8-10-24)11-21-16(25)22-15-5-3-14(4-6-15)17(18,19)20/h3-6,13H,7-12H2,1-2H3,(H2,21,22,25)/t13-/m1/s1. The summed E-state index contributed by atoms with van der Waals surface area (Å²) in [5.41, 5.74) is -0.406. The van der Waals surface area contributed by atoms with E-state index in [2.05, 4.69) is 34.4 Å². The monoisotopic (exact) mass is 358 g/mol. The Bertz CT molecular complexity index is 554. The van der Waals surface area contributed by atoms with Crippen LogP contribution in [-0.2, 0) is 6.18 Å². The number of alkyl halides is 3. The van der Waals surface area contributed by atoms with Crippen molar-refractivity contribution in [1.82, 2.24) is 15.1 Å². The summed E-state index contributed by atoms with van der Waals surface area (Å²) in [5, 5.41) is 5.31. The van der Waals surface area contributed by atoms with Crippen LogP contribution in [0.25, 0.3) is 0 Å². The summed E-state index contributed by atoms with van der Waals surface area (Å²) in [6, 6.07) is 3.98. The van der Waals surface area contributed by atoms with Crippen molar-refractivity contribution in [3.05, 3.63) is 29.8 Å². The number of hydrogen-bond donors (Lipinski definition) is 2. The maximum Gasteiger partial charge on any atom is 0.416 e. The van der Waals surface area contributed by atoms with Crippen LogP contribution in [0.5, 0.6) is 0 Å². The molecule has 2 rings (SSSR count). The molecule has 0 unspecified atom stereocenters. The van der Waals surface area contributed by atoms with E-state index in [4.69, 9.17) is 0 Å². The van der Waals surface area contributed by atoms with Crippen LogP contribution in [0, 0.1) is 5.92 Å². The quantitative estimate of drug-likeness (QED) is 0.851. The third kappa shape index (κ3) is 6.55. The Labute approximate surface area is 146 Å². The molecule has 1 aliphatic rings. The van der Waals surface area contributed by atoms with Gasteiger partial charge in [-0.2, -0.15) is 13.2 Å². The van der Waals surface area contributed by atoms with Crippen molar-refractivity contribution in [3.8, 4) is 0 Å². The van der Waals surface area contributed by atoms with Gasteiger partial charge in [0.05, 0.1) is 5.56 Å². The van der Waals surface area contributed by atoms with Crippen LogP contribution in [0.3, 0.4) is 0 Å². The zero-order valence-electron chi connectivity index (χ0n) is 14.6. The van der Waals surface area contributed by atoms with Crippen molar-refractivity contribution in [2.45, 2.75) is 13.1 Å². The smallest absolute Gasteiger partial charge is 0.338 e. The molecule has 1 aliphatic heterocycles. The summed E-state index contributed by atoms with van der Waals surface area (Å²) in [6.45, 7) is 7.64. The van der Waals surface area contributed by atoms with Crippen LogP contribution in [0.15, 0.2) is 24.3 Å². The molecule has 0 aliphatic carbocycles. The fraction of sp³-hybridized carbons (Fsp3) is 0.588. The van der Waals surface area contributed by atoms with Gasteiger partial charge in [0, 0.05) is 45.0 Å². The average molecular weight is 358 g/mol. The summed E-state index contributed by atoms with van der Waals surface area (Å²) >= 11 is 0. The largest absolute Gasteiger partial charge is 0.416 e. The van der Waals surface area contributed by atoms with Gasteiger partial charge in [-0.05, 0) is 37.2 Å². The van der Waals surface area contributed by atoms with Gasteiger partial charge in [-0.3, -0.25) is 0 Å². The summed E-state index contributed by atoms with van der Waals surface area (Å²) in [6.07, 6.45) is -4.38. The lowest BCUT2D eigenvalue weighted by Crippen LogP contribution is -2.47. The predicted molar refractivity (Wildman–Crippen MR) is 91.6 cm³/mol. The number of amides is 2. The highest BCUT2D eigenvalue weighted by atomic mass is 19.4. The van der Waals surface area contributed by atoms with Crippen molar-refractivity contribution in [1.29, 1.82) is 0 Å². The molecule has 1 aromatic rings. The Morgan fingerprint density at radius 3 is 2.32 bits per heavy atom. The van der Waals surface area contributed by atoms with Gasteiger partial charge in [0.15, 0.2) is 0 Å². The van der Waals surface area contributed by atoms with Gasteiger partial charge < -0.3 is 20.4 Å². The average Bonchev–Trinajstić information content (AvgIpc) is 2.55. The number of carbonyl (C=O) groups is 1. The highest BCUT2D eigenvalue weighted by Crippen LogP contribution is 2.29. The second kappa shape index (κ2) is 8.53. The molecule has 0 bridgehead atoms. The number of halogens is 3. The topological polar surface area (TPSA) is 47.6 Å². The lowest BCUT2D eigenvalue weighted by molar-refractivity contribution is -0.137. The summed E-state index contributed by atoms with van der Waals surface area (Å²) in [7, 11) is 2.11. The number of piperazine rings is 1. The van der Waals surface area contributed by atoms with Crippen molar-refractivity contribution < 1.29 is 18.0 Å². The number of hydrogen-bond acceptors (Lipinski definition) is 3. The van der Waals surface area contributed by atoms with E-state index >= 15 is 0 Å². The molecule has 25 heavy (non-hydrogen) atoms. The second-order valence-corrected chi connectivity index (χ2v) is 6.62. The lowest BCUT2D eigenvalue weighted by atomic mass is 10.1. The Hall–Kier alpha value is -1.80. The van der Waals surface area contributed by atoms with Crippen LogP contribution in [0.2, 0.25) is 0 Å². The Balaban J connectivity index is 1.71. The van der Waals surface area contributed by atoms with Crippen molar-refractivity contribution in [2.24, 2.45) is 5.92 Å². The van der Waals surface area contributed by atoms with E-state index in [0.717, 1.165) is 44.9 Å². The van der Waals surface area contributed by atoms with E-state index in [9.17, 15) is 18.0 Å². The maximum absolute atomic E-state index is 12.5. The van der Waals surface area contributed by atoms with Crippen LogP contribution in [0.4, 0.5) is 23.7 Å². The molecule has 2 N–H and O–H groups in total. The number of nitrogens with one attached hydrogen (secondary N) is 2. The molecule has 1 fully saturated rings. The molecule has 0 radical (unpaired) electrons. The molecule has 1 atom stereocenters. The van der Waals surface area contributed by atoms with E-state index in [0.29, 0.717) is 18.2 Å². The Morgan fingerprint density at radius 1 is 1.16 bits per heavy atom. The van der Waals surface area contributed by atoms with Crippen molar-refractivity contribution >= 4 is 11.7 Å². The van der Waals surface area contributed by atoms with Gasteiger partial charge in [0.2, 0.25) is 0 Å². The number of rotatable bonds is 5. The Kier molecular flexibility index (Phi) is 6.66. The van der Waals surface area contributed by atoms with Gasteiger partial charge in [0.25, 0.3) is 0 Å². The molecule has 2 amide bonds. The first-order valence-corrected chi connectivity index (χ1v) is 8.37. The van der Waals surface area contributed by atoms with Gasteiger partial charge in [-0.25, -0.2) is 4.79 Å². The first-order chi connectivity index (χ1) is 11.7. The fourth-order valence-electron chi connectivity index (χ4n) is 2.72. The summed E-state index contributed by atoms with van der Waals surface area (Å²) < 4.78 is 37.5. The third-order valence-corrected chi connectivity index (χ3v) is 4.25. The van der Waals surface area contributed by atoms with Crippen molar-refractivity contribution in [2.75, 3.05) is 51.6 Å². The zero-order valence-corrected chi connectivity index (χ0v) is 14.6. The second-order valence-electron chi connectivity index (χ2n) is 6.62. The molecule has 0 saturated carbocycles. The SMILES string of the molecule is C[C@H](CNC(=O)Nc1ccc(C(F)(F)F)cc1)CN1CCN(C)CC1. The summed E-state index contributed by atoms with van der Waals surface area (Å²) in [5.74, 6) is 0.293. The van der Waals surface area contributed by atoms with Crippen LogP contribution in [-0.4, -0.2) is 62.1 Å². The third-order valence-electron chi connectivity index (χ3n) is 4.25. The minimum atomic E-state index is -4.38. The lowest BCUT2D eigenvalue weighted by Gasteiger charge is -2.33. The van der Waals surface area contributed by atoms with Crippen molar-refractivity contribution in [3.63, 3.8) is 0 Å². The zero-order chi connectivity index (χ0) is 18.4. The van der Waals surface area contributed by atoms with Gasteiger partial charge >= 0.3 is 12.2 Å². The molecule has 0 spiro atoms. The molecule has 1 heterocycles. The molecule has 8 heteroatoms. The molecular weight excluding hydrogens is 333 g/mol.